The Kier molecular flexibility index (Phi) is 11.9. The van der Waals surface area contributed by atoms with E-state index in [-0.39, 0.29) is 10.8 Å². The van der Waals surface area contributed by atoms with Crippen molar-refractivity contribution < 1.29 is 4.42 Å². The van der Waals surface area contributed by atoms with Crippen molar-refractivity contribution in [1.29, 1.82) is 0 Å². The Labute approximate surface area is 396 Å². The molecular formula is C61H58ClN3O. The molecule has 1 aromatic heterocycles. The molecule has 0 saturated heterocycles. The fraction of sp³-hybridized carbons (Fsp3) is 0.180. The Morgan fingerprint density at radius 3 is 1.42 bits per heavy atom. The first-order valence-corrected chi connectivity index (χ1v) is 23.2. The summed E-state index contributed by atoms with van der Waals surface area (Å²) in [5, 5.41) is 1.74. The van der Waals surface area contributed by atoms with Gasteiger partial charge in [0.15, 0.2) is 0 Å². The zero-order valence-electron chi connectivity index (χ0n) is 39.5. The molecule has 4 nitrogen and oxygen atoms in total. The van der Waals surface area contributed by atoms with E-state index in [4.69, 9.17) is 16.0 Å². The maximum atomic E-state index is 7.97. The van der Waals surface area contributed by atoms with Gasteiger partial charge in [-0.25, -0.2) is 0 Å². The third-order valence-corrected chi connectivity index (χ3v) is 12.9. The molecule has 0 radical (unpaired) electrons. The predicted molar refractivity (Wildman–Crippen MR) is 282 cm³/mol. The average Bonchev–Trinajstić information content (AvgIpc) is 3.74. The number of aryl methyl sites for hydroxylation is 3. The quantitative estimate of drug-likeness (QED) is 0.136. The molecule has 0 aliphatic heterocycles. The van der Waals surface area contributed by atoms with Crippen LogP contribution in [0.2, 0.25) is 5.02 Å². The number of anilines is 9. The molecule has 0 saturated carbocycles. The highest BCUT2D eigenvalue weighted by Crippen LogP contribution is 2.50. The smallest absolute Gasteiger partial charge is 0.135 e. The van der Waals surface area contributed by atoms with Gasteiger partial charge in [0.05, 0.1) is 22.1 Å². The highest BCUT2D eigenvalue weighted by atomic mass is 35.5. The number of furan rings is 1. The second kappa shape index (κ2) is 17.8. The Balaban J connectivity index is 1.20. The normalized spacial score (nSPS) is 11.8. The van der Waals surface area contributed by atoms with Crippen LogP contribution in [0.15, 0.2) is 192 Å². The molecule has 9 aromatic rings. The Morgan fingerprint density at radius 1 is 0.409 bits per heavy atom. The molecule has 9 rings (SSSR count). The van der Waals surface area contributed by atoms with Gasteiger partial charge >= 0.3 is 0 Å². The van der Waals surface area contributed by atoms with Crippen molar-refractivity contribution in [3.63, 3.8) is 0 Å². The van der Waals surface area contributed by atoms with E-state index in [9.17, 15) is 0 Å². The van der Waals surface area contributed by atoms with E-state index in [0.717, 1.165) is 90.2 Å². The van der Waals surface area contributed by atoms with Gasteiger partial charge in [0, 0.05) is 45.1 Å². The minimum absolute atomic E-state index is 0.0152. The van der Waals surface area contributed by atoms with Crippen LogP contribution in [0.25, 0.3) is 22.3 Å². The van der Waals surface area contributed by atoms with Gasteiger partial charge in [-0.2, -0.15) is 0 Å². The standard InChI is InChI=1S/C61H58ClN3O/c1-41-37-54(64(50-33-27-46(28-34-50)60(4,5)6)51-35-29-47(30-36-51)61(7,8)9)58(62)55(38-41)65(59-42(2)17-15-18-43(59)3)53-23-16-22-52(40-53)63(48-20-11-10-12-21-48)49-31-25-44(26-32-49)57-39-45-19-13-14-24-56(45)66-57/h10-40H,1-9H3. The number of benzene rings is 8. The van der Waals surface area contributed by atoms with Crippen LogP contribution in [0, 0.1) is 20.8 Å². The van der Waals surface area contributed by atoms with Gasteiger partial charge < -0.3 is 19.1 Å². The fourth-order valence-electron chi connectivity index (χ4n) is 8.95. The highest BCUT2D eigenvalue weighted by molar-refractivity contribution is 6.36. The summed E-state index contributed by atoms with van der Waals surface area (Å²) in [6, 6.07) is 67.0. The van der Waals surface area contributed by atoms with Crippen LogP contribution in [0.4, 0.5) is 51.2 Å². The SMILES string of the molecule is Cc1cc(N(c2ccc(C(C)(C)C)cc2)c2ccc(C(C)(C)C)cc2)c(Cl)c(N(c2cccc(N(c3ccccc3)c3ccc(-c4cc5ccccc5o4)cc3)c2)c2c(C)cccc2C)c1. The third kappa shape index (κ3) is 8.86. The summed E-state index contributed by atoms with van der Waals surface area (Å²) in [6.07, 6.45) is 0. The van der Waals surface area contributed by atoms with Gasteiger partial charge in [-0.05, 0) is 163 Å². The molecule has 5 heteroatoms. The van der Waals surface area contributed by atoms with E-state index in [0.29, 0.717) is 5.02 Å². The highest BCUT2D eigenvalue weighted by Gasteiger charge is 2.27. The predicted octanol–water partition coefficient (Wildman–Crippen LogP) is 18.7. The molecule has 0 spiro atoms. The van der Waals surface area contributed by atoms with Crippen molar-refractivity contribution in [2.45, 2.75) is 73.1 Å². The lowest BCUT2D eigenvalue weighted by Crippen LogP contribution is -2.17. The Bertz CT molecular complexity index is 3030. The van der Waals surface area contributed by atoms with Gasteiger partial charge in [-0.15, -0.1) is 0 Å². The first-order chi connectivity index (χ1) is 31.6. The summed E-state index contributed by atoms with van der Waals surface area (Å²) in [7, 11) is 0. The van der Waals surface area contributed by atoms with E-state index < -0.39 is 0 Å². The first-order valence-electron chi connectivity index (χ1n) is 22.9. The minimum atomic E-state index is 0.0152. The summed E-state index contributed by atoms with van der Waals surface area (Å²) in [5.74, 6) is 0.845. The molecule has 8 aromatic carbocycles. The number of para-hydroxylation sites is 3. The molecule has 0 aliphatic carbocycles. The molecular weight excluding hydrogens is 826 g/mol. The third-order valence-electron chi connectivity index (χ3n) is 12.5. The van der Waals surface area contributed by atoms with E-state index >= 15 is 0 Å². The monoisotopic (exact) mass is 883 g/mol. The van der Waals surface area contributed by atoms with Crippen molar-refractivity contribution in [3.05, 3.63) is 221 Å². The minimum Gasteiger partial charge on any atom is -0.456 e. The van der Waals surface area contributed by atoms with E-state index in [1.54, 1.807) is 0 Å². The van der Waals surface area contributed by atoms with Crippen LogP contribution in [-0.4, -0.2) is 0 Å². The summed E-state index contributed by atoms with van der Waals surface area (Å²) in [4.78, 5) is 6.97. The molecule has 0 atom stereocenters. The lowest BCUT2D eigenvalue weighted by Gasteiger charge is -2.34. The molecule has 0 bridgehead atoms. The van der Waals surface area contributed by atoms with Gasteiger partial charge in [0.25, 0.3) is 0 Å². The van der Waals surface area contributed by atoms with Crippen LogP contribution < -0.4 is 14.7 Å². The van der Waals surface area contributed by atoms with Crippen molar-refractivity contribution in [2.75, 3.05) is 14.7 Å². The number of hydrogen-bond donors (Lipinski definition) is 0. The number of fused-ring (bicyclic) bond motifs is 1. The second-order valence-corrected chi connectivity index (χ2v) is 19.9. The van der Waals surface area contributed by atoms with Crippen LogP contribution in [0.5, 0.6) is 0 Å². The summed E-state index contributed by atoms with van der Waals surface area (Å²) in [5.41, 5.74) is 16.9. The molecule has 0 amide bonds. The molecule has 0 N–H and O–H groups in total. The Hall–Kier alpha value is -7.01. The largest absolute Gasteiger partial charge is 0.456 e. The number of hydrogen-bond acceptors (Lipinski definition) is 4. The summed E-state index contributed by atoms with van der Waals surface area (Å²) < 4.78 is 6.26. The summed E-state index contributed by atoms with van der Waals surface area (Å²) >= 11 is 7.97. The summed E-state index contributed by atoms with van der Waals surface area (Å²) in [6.45, 7) is 20.1. The maximum absolute atomic E-state index is 7.97. The topological polar surface area (TPSA) is 22.9 Å². The lowest BCUT2D eigenvalue weighted by atomic mass is 9.86. The molecule has 0 aliphatic rings. The van der Waals surface area contributed by atoms with E-state index in [2.05, 4.69) is 247 Å². The number of nitrogens with zero attached hydrogens (tertiary/aromatic N) is 3. The van der Waals surface area contributed by atoms with Gasteiger partial charge in [-0.1, -0.05) is 138 Å². The second-order valence-electron chi connectivity index (χ2n) is 19.5. The van der Waals surface area contributed by atoms with E-state index in [1.807, 2.05) is 18.2 Å². The molecule has 0 fully saturated rings. The van der Waals surface area contributed by atoms with Gasteiger partial charge in [0.2, 0.25) is 0 Å². The molecule has 66 heavy (non-hydrogen) atoms. The van der Waals surface area contributed by atoms with Crippen molar-refractivity contribution in [1.82, 2.24) is 0 Å². The maximum Gasteiger partial charge on any atom is 0.135 e. The molecule has 330 valence electrons. The van der Waals surface area contributed by atoms with Gasteiger partial charge in [-0.3, -0.25) is 0 Å². The van der Waals surface area contributed by atoms with Crippen LogP contribution in [-0.2, 0) is 10.8 Å². The van der Waals surface area contributed by atoms with Crippen LogP contribution >= 0.6 is 11.6 Å². The Morgan fingerprint density at radius 2 is 0.864 bits per heavy atom. The van der Waals surface area contributed by atoms with E-state index in [1.165, 1.54) is 11.1 Å². The zero-order chi connectivity index (χ0) is 46.3. The molecule has 0 unspecified atom stereocenters. The van der Waals surface area contributed by atoms with Crippen molar-refractivity contribution in [3.8, 4) is 11.3 Å². The van der Waals surface area contributed by atoms with Crippen LogP contribution in [0.3, 0.4) is 0 Å². The van der Waals surface area contributed by atoms with Crippen LogP contribution in [0.1, 0.15) is 69.4 Å². The molecule has 1 heterocycles. The van der Waals surface area contributed by atoms with Crippen molar-refractivity contribution >= 4 is 73.8 Å². The van der Waals surface area contributed by atoms with Crippen molar-refractivity contribution in [2.24, 2.45) is 0 Å². The number of halogens is 1. The fourth-order valence-corrected chi connectivity index (χ4v) is 9.22. The first kappa shape index (κ1) is 44.2. The lowest BCUT2D eigenvalue weighted by molar-refractivity contribution is 0.590. The zero-order valence-corrected chi connectivity index (χ0v) is 40.3. The average molecular weight is 885 g/mol. The number of rotatable bonds is 10. The van der Waals surface area contributed by atoms with Gasteiger partial charge in [0.1, 0.15) is 11.3 Å².